The van der Waals surface area contributed by atoms with Gasteiger partial charge >= 0.3 is 0 Å². The van der Waals surface area contributed by atoms with E-state index in [1.54, 1.807) is 16.7 Å². The fourth-order valence-electron chi connectivity index (χ4n) is 4.27. The molecule has 2 N–H and O–H groups in total. The van der Waals surface area contributed by atoms with Crippen LogP contribution in [0.4, 0.5) is 0 Å². The fourth-order valence-corrected chi connectivity index (χ4v) is 4.74. The number of aromatic nitrogens is 2. The molecule has 3 aromatic rings. The van der Waals surface area contributed by atoms with Crippen molar-refractivity contribution >= 4 is 34.6 Å². The van der Waals surface area contributed by atoms with Gasteiger partial charge < -0.3 is 15.2 Å². The number of nitrogens with one attached hydrogen (secondary N) is 2. The molecule has 6 nitrogen and oxygen atoms in total. The average Bonchev–Trinajstić information content (AvgIpc) is 3.36. The number of amides is 2. The van der Waals surface area contributed by atoms with Crippen LogP contribution in [0, 0.1) is 5.92 Å². The lowest BCUT2D eigenvalue weighted by Gasteiger charge is -2.30. The molecule has 0 unspecified atom stereocenters. The molecule has 168 valence electrons. The molecule has 0 fully saturated rings. The quantitative estimate of drug-likeness (QED) is 0.502. The fraction of sp³-hybridized carbons (Fsp3) is 0.400. The van der Waals surface area contributed by atoms with E-state index in [2.05, 4.69) is 30.4 Å². The zero-order valence-corrected chi connectivity index (χ0v) is 19.6. The van der Waals surface area contributed by atoms with Crippen molar-refractivity contribution in [3.8, 4) is 0 Å². The molecular formula is C25H30N4O2S. The van der Waals surface area contributed by atoms with Crippen molar-refractivity contribution in [2.24, 2.45) is 5.92 Å². The van der Waals surface area contributed by atoms with Gasteiger partial charge in [0.15, 0.2) is 0 Å². The van der Waals surface area contributed by atoms with Gasteiger partial charge in [0, 0.05) is 12.1 Å². The number of nitrogens with zero attached hydrogens (tertiary/aromatic N) is 2. The molecule has 32 heavy (non-hydrogen) atoms. The van der Waals surface area contributed by atoms with E-state index >= 15 is 0 Å². The number of fused-ring (bicyclic) bond motifs is 2. The standard InChI is InChI=1S/C25H30N4O2S/c1-16(2)14-22(29-15-17-8-4-5-9-18(17)25(29)31)24(30)28-21(12-13-32-3)23-26-19-10-6-7-11-20(19)27-23/h4-11,16,21-22H,12-15H2,1-3H3,(H,26,27)(H,28,30)/t21-,22-/m0/s1. The van der Waals surface area contributed by atoms with Gasteiger partial charge in [0.25, 0.3) is 5.91 Å². The van der Waals surface area contributed by atoms with Crippen LogP contribution in [0.2, 0.25) is 0 Å². The van der Waals surface area contributed by atoms with Gasteiger partial charge in [-0.3, -0.25) is 9.59 Å². The first-order valence-electron chi connectivity index (χ1n) is 11.1. The van der Waals surface area contributed by atoms with Gasteiger partial charge in [-0.25, -0.2) is 4.98 Å². The SMILES string of the molecule is CSCC[C@H](NC(=O)[C@H](CC(C)C)N1Cc2ccccc2C1=O)c1nc2ccccc2[nH]1. The van der Waals surface area contributed by atoms with Crippen LogP contribution in [-0.4, -0.2) is 44.7 Å². The van der Waals surface area contributed by atoms with Crippen molar-refractivity contribution in [3.05, 3.63) is 65.5 Å². The zero-order valence-electron chi connectivity index (χ0n) is 18.8. The summed E-state index contributed by atoms with van der Waals surface area (Å²) in [4.78, 5) is 36.5. The minimum atomic E-state index is -0.518. The van der Waals surface area contributed by atoms with Gasteiger partial charge in [-0.2, -0.15) is 11.8 Å². The molecule has 2 aromatic carbocycles. The second-order valence-corrected chi connectivity index (χ2v) is 9.70. The Labute approximate surface area is 193 Å². The third-order valence-electron chi connectivity index (χ3n) is 5.89. The largest absolute Gasteiger partial charge is 0.344 e. The van der Waals surface area contributed by atoms with E-state index in [1.165, 1.54) is 0 Å². The molecule has 7 heteroatoms. The van der Waals surface area contributed by atoms with Crippen LogP contribution in [0.3, 0.4) is 0 Å². The van der Waals surface area contributed by atoms with Crippen LogP contribution in [0.15, 0.2) is 48.5 Å². The lowest BCUT2D eigenvalue weighted by molar-refractivity contribution is -0.127. The number of carbonyl (C=O) groups is 2. The maximum absolute atomic E-state index is 13.6. The Balaban J connectivity index is 1.58. The average molecular weight is 451 g/mol. The first kappa shape index (κ1) is 22.4. The van der Waals surface area contributed by atoms with Crippen LogP contribution in [0.5, 0.6) is 0 Å². The number of imidazole rings is 1. The Hall–Kier alpha value is -2.80. The van der Waals surface area contributed by atoms with Gasteiger partial charge in [-0.15, -0.1) is 0 Å². The molecule has 0 spiro atoms. The van der Waals surface area contributed by atoms with Crippen molar-refractivity contribution in [3.63, 3.8) is 0 Å². The molecule has 0 radical (unpaired) electrons. The molecule has 1 aliphatic rings. The molecule has 1 aromatic heterocycles. The summed E-state index contributed by atoms with van der Waals surface area (Å²) in [6, 6.07) is 14.7. The number of para-hydroxylation sites is 2. The summed E-state index contributed by atoms with van der Waals surface area (Å²) in [6.45, 7) is 4.64. The highest BCUT2D eigenvalue weighted by molar-refractivity contribution is 7.98. The van der Waals surface area contributed by atoms with E-state index in [9.17, 15) is 9.59 Å². The predicted octanol–water partition coefficient (Wildman–Crippen LogP) is 4.54. The van der Waals surface area contributed by atoms with E-state index in [1.807, 2.05) is 48.5 Å². The maximum atomic E-state index is 13.6. The minimum Gasteiger partial charge on any atom is -0.344 e. The summed E-state index contributed by atoms with van der Waals surface area (Å²) in [5.41, 5.74) is 3.52. The van der Waals surface area contributed by atoms with Crippen LogP contribution >= 0.6 is 11.8 Å². The highest BCUT2D eigenvalue weighted by Crippen LogP contribution is 2.28. The molecule has 1 aliphatic heterocycles. The topological polar surface area (TPSA) is 78.1 Å². The lowest BCUT2D eigenvalue weighted by Crippen LogP contribution is -2.48. The summed E-state index contributed by atoms with van der Waals surface area (Å²) in [5, 5.41) is 3.22. The summed E-state index contributed by atoms with van der Waals surface area (Å²) < 4.78 is 0. The second-order valence-electron chi connectivity index (χ2n) is 8.72. The molecule has 0 saturated carbocycles. The van der Waals surface area contributed by atoms with Gasteiger partial charge in [0.05, 0.1) is 17.1 Å². The Kier molecular flexibility index (Phi) is 6.84. The van der Waals surface area contributed by atoms with Crippen molar-refractivity contribution in [1.29, 1.82) is 0 Å². The monoisotopic (exact) mass is 450 g/mol. The number of H-pyrrole nitrogens is 1. The van der Waals surface area contributed by atoms with E-state index in [0.717, 1.165) is 34.6 Å². The Bertz CT molecular complexity index is 1080. The molecule has 0 aliphatic carbocycles. The lowest BCUT2D eigenvalue weighted by atomic mass is 10.0. The van der Waals surface area contributed by atoms with Gasteiger partial charge in [0.1, 0.15) is 11.9 Å². The molecule has 0 bridgehead atoms. The third kappa shape index (κ3) is 4.67. The molecular weight excluding hydrogens is 420 g/mol. The highest BCUT2D eigenvalue weighted by atomic mass is 32.2. The predicted molar refractivity (Wildman–Crippen MR) is 130 cm³/mol. The molecule has 4 rings (SSSR count). The molecule has 2 amide bonds. The number of aromatic amines is 1. The van der Waals surface area contributed by atoms with Gasteiger partial charge in [0.2, 0.25) is 5.91 Å². The highest BCUT2D eigenvalue weighted by Gasteiger charge is 2.37. The summed E-state index contributed by atoms with van der Waals surface area (Å²) >= 11 is 1.74. The van der Waals surface area contributed by atoms with Crippen LogP contribution in [0.1, 0.15) is 54.5 Å². The maximum Gasteiger partial charge on any atom is 0.255 e. The zero-order chi connectivity index (χ0) is 22.7. The van der Waals surface area contributed by atoms with E-state index in [0.29, 0.717) is 18.5 Å². The van der Waals surface area contributed by atoms with E-state index in [-0.39, 0.29) is 23.8 Å². The molecule has 0 saturated heterocycles. The molecule has 2 atom stereocenters. The first-order valence-corrected chi connectivity index (χ1v) is 12.5. The van der Waals surface area contributed by atoms with Crippen LogP contribution in [0.25, 0.3) is 11.0 Å². The number of hydrogen-bond donors (Lipinski definition) is 2. The van der Waals surface area contributed by atoms with Crippen molar-refractivity contribution < 1.29 is 9.59 Å². The summed E-state index contributed by atoms with van der Waals surface area (Å²) in [6.07, 6.45) is 3.43. The van der Waals surface area contributed by atoms with Crippen molar-refractivity contribution in [1.82, 2.24) is 20.2 Å². The third-order valence-corrected chi connectivity index (χ3v) is 6.53. The number of carbonyl (C=O) groups excluding carboxylic acids is 2. The van der Waals surface area contributed by atoms with Crippen molar-refractivity contribution in [2.75, 3.05) is 12.0 Å². The number of hydrogen-bond acceptors (Lipinski definition) is 4. The number of thioether (sulfide) groups is 1. The summed E-state index contributed by atoms with van der Waals surface area (Å²) in [7, 11) is 0. The minimum absolute atomic E-state index is 0.0641. The Morgan fingerprint density at radius 3 is 2.66 bits per heavy atom. The van der Waals surface area contributed by atoms with E-state index in [4.69, 9.17) is 4.98 Å². The smallest absolute Gasteiger partial charge is 0.255 e. The van der Waals surface area contributed by atoms with Crippen LogP contribution in [-0.2, 0) is 11.3 Å². The number of benzene rings is 2. The normalized spacial score (nSPS) is 15.2. The van der Waals surface area contributed by atoms with Gasteiger partial charge in [-0.05, 0) is 54.5 Å². The first-order chi connectivity index (χ1) is 15.5. The second kappa shape index (κ2) is 9.77. The summed E-state index contributed by atoms with van der Waals surface area (Å²) in [5.74, 6) is 1.74. The van der Waals surface area contributed by atoms with E-state index < -0.39 is 6.04 Å². The Morgan fingerprint density at radius 2 is 1.94 bits per heavy atom. The van der Waals surface area contributed by atoms with Gasteiger partial charge in [-0.1, -0.05) is 44.2 Å². The number of rotatable bonds is 9. The van der Waals surface area contributed by atoms with Crippen LogP contribution < -0.4 is 5.32 Å². The molecule has 2 heterocycles. The Morgan fingerprint density at radius 1 is 1.19 bits per heavy atom. The van der Waals surface area contributed by atoms with Crippen molar-refractivity contribution in [2.45, 2.75) is 45.3 Å².